The minimum absolute atomic E-state index is 0.194. The van der Waals surface area contributed by atoms with Crippen molar-refractivity contribution in [2.75, 3.05) is 5.32 Å². The highest BCUT2D eigenvalue weighted by molar-refractivity contribution is 7.13. The minimum atomic E-state index is -0.415. The Hall–Kier alpha value is -3.26. The van der Waals surface area contributed by atoms with Crippen LogP contribution in [-0.2, 0) is 11.2 Å². The zero-order valence-corrected chi connectivity index (χ0v) is 15.2. The summed E-state index contributed by atoms with van der Waals surface area (Å²) in [5.74, 6) is 0.745. The smallest absolute Gasteiger partial charge is 0.336 e. The number of hydrogen-bond acceptors (Lipinski definition) is 7. The highest BCUT2D eigenvalue weighted by Crippen LogP contribution is 2.22. The molecule has 3 heterocycles. The third kappa shape index (κ3) is 3.80. The van der Waals surface area contributed by atoms with Gasteiger partial charge in [-0.2, -0.15) is 4.98 Å². The summed E-state index contributed by atoms with van der Waals surface area (Å²) < 4.78 is 10.4. The molecule has 0 unspecified atom stereocenters. The van der Waals surface area contributed by atoms with E-state index in [4.69, 9.17) is 8.94 Å². The first-order valence-electron chi connectivity index (χ1n) is 8.29. The number of aryl methyl sites for hydroxylation is 2. The van der Waals surface area contributed by atoms with E-state index < -0.39 is 5.63 Å². The number of nitrogens with one attached hydrogen (secondary N) is 1. The first-order valence-corrected chi connectivity index (χ1v) is 9.17. The molecule has 1 aromatic carbocycles. The Kier molecular flexibility index (Phi) is 4.55. The number of rotatable bonds is 5. The second kappa shape index (κ2) is 7.16. The van der Waals surface area contributed by atoms with Gasteiger partial charge in [0.05, 0.1) is 4.88 Å². The van der Waals surface area contributed by atoms with Gasteiger partial charge in [0.15, 0.2) is 0 Å². The molecule has 8 heteroatoms. The predicted octanol–water partition coefficient (Wildman–Crippen LogP) is 3.78. The summed E-state index contributed by atoms with van der Waals surface area (Å²) in [7, 11) is 0. The molecule has 0 spiro atoms. The highest BCUT2D eigenvalue weighted by atomic mass is 32.1. The van der Waals surface area contributed by atoms with Crippen LogP contribution in [0, 0.1) is 6.92 Å². The van der Waals surface area contributed by atoms with Gasteiger partial charge in [0.1, 0.15) is 5.58 Å². The van der Waals surface area contributed by atoms with Crippen LogP contribution in [0.3, 0.4) is 0 Å². The van der Waals surface area contributed by atoms with Gasteiger partial charge < -0.3 is 14.3 Å². The van der Waals surface area contributed by atoms with Crippen molar-refractivity contribution in [1.82, 2.24) is 10.1 Å². The summed E-state index contributed by atoms with van der Waals surface area (Å²) in [4.78, 5) is 28.9. The standard InChI is InChI=1S/C19H15N3O4S/c1-11-9-18(24)25-14-10-12(4-5-13(11)14)20-16(23)6-7-17-21-19(22-26-17)15-3-2-8-27-15/h2-5,8-10H,6-7H2,1H3,(H,20,23). The fourth-order valence-corrected chi connectivity index (χ4v) is 3.36. The quantitative estimate of drug-likeness (QED) is 0.528. The maximum Gasteiger partial charge on any atom is 0.336 e. The number of fused-ring (bicyclic) bond motifs is 1. The van der Waals surface area contributed by atoms with Gasteiger partial charge in [-0.3, -0.25) is 4.79 Å². The lowest BCUT2D eigenvalue weighted by Gasteiger charge is -2.06. The number of carbonyl (C=O) groups is 1. The molecule has 4 rings (SSSR count). The number of benzene rings is 1. The predicted molar refractivity (Wildman–Crippen MR) is 102 cm³/mol. The van der Waals surface area contributed by atoms with Gasteiger partial charge >= 0.3 is 5.63 Å². The number of carbonyl (C=O) groups excluding carboxylic acids is 1. The van der Waals surface area contributed by atoms with Crippen LogP contribution in [0.2, 0.25) is 0 Å². The molecule has 27 heavy (non-hydrogen) atoms. The number of amides is 1. The topological polar surface area (TPSA) is 98.2 Å². The molecule has 1 amide bonds. The number of hydrogen-bond donors (Lipinski definition) is 1. The summed E-state index contributed by atoms with van der Waals surface area (Å²) in [5, 5.41) is 9.48. The molecule has 0 bridgehead atoms. The molecule has 3 aromatic heterocycles. The van der Waals surface area contributed by atoms with Gasteiger partial charge in [-0.05, 0) is 36.1 Å². The number of nitrogens with zero attached hydrogens (tertiary/aromatic N) is 2. The second-order valence-electron chi connectivity index (χ2n) is 6.00. The van der Waals surface area contributed by atoms with E-state index in [0.29, 0.717) is 29.4 Å². The van der Waals surface area contributed by atoms with Crippen molar-refractivity contribution in [3.05, 3.63) is 63.7 Å². The summed E-state index contributed by atoms with van der Waals surface area (Å²) in [6.45, 7) is 1.84. The van der Waals surface area contributed by atoms with Crippen molar-refractivity contribution >= 4 is 33.9 Å². The molecule has 0 saturated carbocycles. The number of thiophene rings is 1. The van der Waals surface area contributed by atoms with E-state index >= 15 is 0 Å². The maximum atomic E-state index is 12.2. The third-order valence-corrected chi connectivity index (χ3v) is 4.88. The van der Waals surface area contributed by atoms with Crippen molar-refractivity contribution in [3.63, 3.8) is 0 Å². The lowest BCUT2D eigenvalue weighted by atomic mass is 10.1. The summed E-state index contributed by atoms with van der Waals surface area (Å²) >= 11 is 1.52. The first-order chi connectivity index (χ1) is 13.1. The highest BCUT2D eigenvalue weighted by Gasteiger charge is 2.12. The zero-order chi connectivity index (χ0) is 18.8. The Morgan fingerprint density at radius 1 is 1.26 bits per heavy atom. The Morgan fingerprint density at radius 2 is 2.15 bits per heavy atom. The lowest BCUT2D eigenvalue weighted by Crippen LogP contribution is -2.12. The Morgan fingerprint density at radius 3 is 2.96 bits per heavy atom. The summed E-state index contributed by atoms with van der Waals surface area (Å²) in [5.41, 5.74) is 1.42. The Balaban J connectivity index is 1.41. The van der Waals surface area contributed by atoms with Crippen LogP contribution in [0.15, 0.2) is 55.5 Å². The molecule has 0 saturated heterocycles. The molecule has 0 fully saturated rings. The summed E-state index contributed by atoms with van der Waals surface area (Å²) in [6, 6.07) is 10.5. The zero-order valence-electron chi connectivity index (χ0n) is 14.4. The van der Waals surface area contributed by atoms with E-state index in [1.807, 2.05) is 30.5 Å². The second-order valence-corrected chi connectivity index (χ2v) is 6.94. The molecule has 0 aliphatic heterocycles. The van der Waals surface area contributed by atoms with E-state index in [1.54, 1.807) is 12.1 Å². The van der Waals surface area contributed by atoms with Crippen LogP contribution in [0.25, 0.3) is 21.7 Å². The average molecular weight is 381 g/mol. The van der Waals surface area contributed by atoms with Crippen LogP contribution in [0.5, 0.6) is 0 Å². The van der Waals surface area contributed by atoms with Crippen LogP contribution in [0.4, 0.5) is 5.69 Å². The molecule has 136 valence electrons. The molecule has 0 radical (unpaired) electrons. The van der Waals surface area contributed by atoms with Crippen LogP contribution >= 0.6 is 11.3 Å². The molecular formula is C19H15N3O4S. The van der Waals surface area contributed by atoms with E-state index in [-0.39, 0.29) is 12.3 Å². The van der Waals surface area contributed by atoms with Crippen molar-refractivity contribution in [3.8, 4) is 10.7 Å². The molecule has 0 aliphatic carbocycles. The van der Waals surface area contributed by atoms with E-state index in [1.165, 1.54) is 17.4 Å². The van der Waals surface area contributed by atoms with Gasteiger partial charge in [-0.1, -0.05) is 11.2 Å². The molecule has 0 atom stereocenters. The fraction of sp³-hybridized carbons (Fsp3) is 0.158. The van der Waals surface area contributed by atoms with Crippen LogP contribution < -0.4 is 10.9 Å². The lowest BCUT2D eigenvalue weighted by molar-refractivity contribution is -0.116. The third-order valence-electron chi connectivity index (χ3n) is 4.01. The van der Waals surface area contributed by atoms with Gasteiger partial charge in [0.2, 0.25) is 17.6 Å². The average Bonchev–Trinajstić information content (AvgIpc) is 3.31. The minimum Gasteiger partial charge on any atom is -0.423 e. The van der Waals surface area contributed by atoms with Crippen molar-refractivity contribution in [2.24, 2.45) is 0 Å². The normalized spacial score (nSPS) is 11.0. The van der Waals surface area contributed by atoms with E-state index in [9.17, 15) is 9.59 Å². The van der Waals surface area contributed by atoms with Crippen LogP contribution in [0.1, 0.15) is 17.9 Å². The molecule has 7 nitrogen and oxygen atoms in total. The van der Waals surface area contributed by atoms with Gasteiger partial charge in [0, 0.05) is 36.0 Å². The Labute approximate surface area is 157 Å². The van der Waals surface area contributed by atoms with E-state index in [2.05, 4.69) is 15.5 Å². The molecular weight excluding hydrogens is 366 g/mol. The monoisotopic (exact) mass is 381 g/mol. The summed E-state index contributed by atoms with van der Waals surface area (Å²) in [6.07, 6.45) is 0.536. The van der Waals surface area contributed by atoms with Crippen LogP contribution in [-0.4, -0.2) is 16.0 Å². The molecule has 4 aromatic rings. The maximum absolute atomic E-state index is 12.2. The van der Waals surface area contributed by atoms with Crippen molar-refractivity contribution in [1.29, 1.82) is 0 Å². The fourth-order valence-electron chi connectivity index (χ4n) is 2.71. The van der Waals surface area contributed by atoms with Crippen molar-refractivity contribution in [2.45, 2.75) is 19.8 Å². The number of anilines is 1. The molecule has 0 aliphatic rings. The molecule has 1 N–H and O–H groups in total. The van der Waals surface area contributed by atoms with Crippen molar-refractivity contribution < 1.29 is 13.7 Å². The number of aromatic nitrogens is 2. The first kappa shape index (κ1) is 17.2. The van der Waals surface area contributed by atoms with E-state index in [0.717, 1.165) is 15.8 Å². The van der Waals surface area contributed by atoms with Gasteiger partial charge in [-0.15, -0.1) is 11.3 Å². The van der Waals surface area contributed by atoms with Gasteiger partial charge in [-0.25, -0.2) is 4.79 Å². The largest absolute Gasteiger partial charge is 0.423 e. The van der Waals surface area contributed by atoms with Gasteiger partial charge in [0.25, 0.3) is 0 Å². The Bertz CT molecular complexity index is 1160. The SMILES string of the molecule is Cc1cc(=O)oc2cc(NC(=O)CCc3nc(-c4cccs4)no3)ccc12.